The van der Waals surface area contributed by atoms with Gasteiger partial charge in [0.15, 0.2) is 0 Å². The minimum absolute atomic E-state index is 0.490. The Kier molecular flexibility index (Phi) is 9.19. The van der Waals surface area contributed by atoms with Gasteiger partial charge in [0.05, 0.1) is 11.1 Å². The van der Waals surface area contributed by atoms with Crippen LogP contribution < -0.4 is 4.90 Å². The van der Waals surface area contributed by atoms with Gasteiger partial charge in [-0.05, 0) is 141 Å². The lowest BCUT2D eigenvalue weighted by Gasteiger charge is -2.33. The predicted molar refractivity (Wildman–Crippen MR) is 294 cm³/mol. The fraction of sp³-hybridized carbons (Fsp3) is 0.0145. The predicted octanol–water partition coefficient (Wildman–Crippen LogP) is 18.5. The average Bonchev–Trinajstić information content (AvgIpc) is 3.92. The van der Waals surface area contributed by atoms with Crippen LogP contribution in [0.3, 0.4) is 0 Å². The quantitative estimate of drug-likeness (QED) is 0.144. The van der Waals surface area contributed by atoms with Crippen LogP contribution in [0.4, 0.5) is 17.1 Å². The highest BCUT2D eigenvalue weighted by molar-refractivity contribution is 6.14. The van der Waals surface area contributed by atoms with Gasteiger partial charge in [-0.3, -0.25) is 0 Å². The number of hydrogen-bond acceptors (Lipinski definition) is 1. The lowest BCUT2D eigenvalue weighted by Crippen LogP contribution is -2.26. The normalized spacial score (nSPS) is 12.7. The summed E-state index contributed by atoms with van der Waals surface area (Å²) < 4.78 is 0. The van der Waals surface area contributed by atoms with Gasteiger partial charge >= 0.3 is 0 Å². The summed E-state index contributed by atoms with van der Waals surface area (Å²) >= 11 is 0. The van der Waals surface area contributed by atoms with Gasteiger partial charge in [-0.15, -0.1) is 0 Å². The zero-order valence-corrected chi connectivity index (χ0v) is 38.4. The molecule has 0 unspecified atom stereocenters. The topological polar surface area (TPSA) is 3.24 Å². The summed E-state index contributed by atoms with van der Waals surface area (Å²) in [6.07, 6.45) is 0. The number of nitrogens with zero attached hydrogens (tertiary/aromatic N) is 1. The molecule has 0 aromatic heterocycles. The first kappa shape index (κ1) is 40.1. The largest absolute Gasteiger partial charge is 0.310 e. The van der Waals surface area contributed by atoms with E-state index >= 15 is 0 Å². The van der Waals surface area contributed by atoms with Gasteiger partial charge in [0.1, 0.15) is 0 Å². The Morgan fingerprint density at radius 2 is 0.700 bits per heavy atom. The van der Waals surface area contributed by atoms with Crippen molar-refractivity contribution in [2.75, 3.05) is 4.90 Å². The average molecular weight is 888 g/mol. The molecular weight excluding hydrogens is 843 g/mol. The van der Waals surface area contributed by atoms with E-state index in [0.717, 1.165) is 17.1 Å². The number of anilines is 3. The maximum atomic E-state index is 2.52. The van der Waals surface area contributed by atoms with E-state index in [1.165, 1.54) is 111 Å². The van der Waals surface area contributed by atoms with Crippen molar-refractivity contribution in [2.24, 2.45) is 0 Å². The number of benzene rings is 12. The molecule has 0 bridgehead atoms. The van der Waals surface area contributed by atoms with Crippen molar-refractivity contribution in [3.05, 3.63) is 295 Å². The standard InChI is InChI=1S/C69H45N/c1-3-20-46(21-4-1)52-25-9-12-32-61(52)68-54(47-22-5-2-6-23-47)33-19-37-67(68)70(50-40-38-48(39-41-50)62-44-49-24-7-8-26-53(49)55-27-10-11-28-56(55)62)51-42-43-60-59-31-15-18-36-65(59)69(66(60)45-51)63-34-16-13-29-57(63)58-30-14-17-35-64(58)69/h1-45H. The molecule has 2 aliphatic carbocycles. The van der Waals surface area contributed by atoms with Gasteiger partial charge in [-0.2, -0.15) is 0 Å². The van der Waals surface area contributed by atoms with Crippen molar-refractivity contribution in [1.82, 2.24) is 0 Å². The molecule has 12 aromatic rings. The third kappa shape index (κ3) is 5.98. The fourth-order valence-electron chi connectivity index (χ4n) is 12.2. The number of hydrogen-bond donors (Lipinski definition) is 0. The highest BCUT2D eigenvalue weighted by Crippen LogP contribution is 2.63. The summed E-state index contributed by atoms with van der Waals surface area (Å²) in [6, 6.07) is 101. The Balaban J connectivity index is 1.05. The van der Waals surface area contributed by atoms with Gasteiger partial charge in [-0.25, -0.2) is 0 Å². The first-order chi connectivity index (χ1) is 34.8. The smallest absolute Gasteiger partial charge is 0.0726 e. The van der Waals surface area contributed by atoms with E-state index in [4.69, 9.17) is 0 Å². The molecule has 0 heterocycles. The van der Waals surface area contributed by atoms with Crippen molar-refractivity contribution < 1.29 is 0 Å². The van der Waals surface area contributed by atoms with Crippen LogP contribution in [-0.2, 0) is 5.41 Å². The van der Waals surface area contributed by atoms with E-state index < -0.39 is 5.41 Å². The monoisotopic (exact) mass is 887 g/mol. The summed E-state index contributed by atoms with van der Waals surface area (Å²) in [5, 5.41) is 5.03. The van der Waals surface area contributed by atoms with Crippen LogP contribution >= 0.6 is 0 Å². The first-order valence-electron chi connectivity index (χ1n) is 24.3. The minimum atomic E-state index is -0.490. The molecule has 0 amide bonds. The van der Waals surface area contributed by atoms with Crippen LogP contribution in [0.15, 0.2) is 273 Å². The molecule has 1 nitrogen and oxygen atoms in total. The van der Waals surface area contributed by atoms with Gasteiger partial charge in [0, 0.05) is 16.9 Å². The molecule has 14 rings (SSSR count). The Bertz CT molecular complexity index is 3930. The van der Waals surface area contributed by atoms with Crippen LogP contribution in [0.1, 0.15) is 22.3 Å². The molecule has 0 saturated carbocycles. The SMILES string of the molecule is c1ccc(-c2ccccc2-c2c(-c3ccccc3)cccc2N(c2ccc(-c3cc4ccccc4c4ccccc34)cc2)c2ccc3c(c2)C2(c4ccccc4-c4ccccc42)c2ccccc2-3)cc1. The number of fused-ring (bicyclic) bond motifs is 13. The minimum Gasteiger partial charge on any atom is -0.310 e. The van der Waals surface area contributed by atoms with E-state index in [9.17, 15) is 0 Å². The van der Waals surface area contributed by atoms with E-state index in [-0.39, 0.29) is 0 Å². The Labute approximate surface area is 408 Å². The molecule has 0 N–H and O–H groups in total. The van der Waals surface area contributed by atoms with Crippen LogP contribution in [0.25, 0.3) is 88.3 Å². The summed E-state index contributed by atoms with van der Waals surface area (Å²) in [5.41, 5.74) is 22.7. The number of rotatable bonds is 7. The Morgan fingerprint density at radius 3 is 1.34 bits per heavy atom. The summed E-state index contributed by atoms with van der Waals surface area (Å²) in [7, 11) is 0. The molecule has 70 heavy (non-hydrogen) atoms. The highest BCUT2D eigenvalue weighted by Gasteiger charge is 2.51. The fourth-order valence-corrected chi connectivity index (χ4v) is 12.2. The van der Waals surface area contributed by atoms with E-state index in [2.05, 4.69) is 278 Å². The molecule has 2 aliphatic rings. The second-order valence-electron chi connectivity index (χ2n) is 18.7. The maximum absolute atomic E-state index is 2.52. The lowest BCUT2D eigenvalue weighted by atomic mass is 9.70. The van der Waals surface area contributed by atoms with Crippen molar-refractivity contribution >= 4 is 38.6 Å². The maximum Gasteiger partial charge on any atom is 0.0726 e. The van der Waals surface area contributed by atoms with E-state index in [1.807, 2.05) is 0 Å². The third-order valence-corrected chi connectivity index (χ3v) is 15.1. The van der Waals surface area contributed by atoms with E-state index in [0.29, 0.717) is 0 Å². The third-order valence-electron chi connectivity index (χ3n) is 15.1. The zero-order chi connectivity index (χ0) is 46.2. The van der Waals surface area contributed by atoms with Gasteiger partial charge in [0.25, 0.3) is 0 Å². The van der Waals surface area contributed by atoms with Gasteiger partial charge in [0.2, 0.25) is 0 Å². The molecular formula is C69H45N. The Morgan fingerprint density at radius 1 is 0.243 bits per heavy atom. The van der Waals surface area contributed by atoms with Gasteiger partial charge < -0.3 is 4.90 Å². The molecule has 0 aliphatic heterocycles. The zero-order valence-electron chi connectivity index (χ0n) is 38.4. The summed E-state index contributed by atoms with van der Waals surface area (Å²) in [4.78, 5) is 2.52. The van der Waals surface area contributed by atoms with E-state index in [1.54, 1.807) is 0 Å². The van der Waals surface area contributed by atoms with Crippen LogP contribution in [0, 0.1) is 0 Å². The second kappa shape index (κ2) is 16.0. The molecule has 0 atom stereocenters. The molecule has 1 heteroatoms. The van der Waals surface area contributed by atoms with Gasteiger partial charge in [-0.1, -0.05) is 237 Å². The molecule has 326 valence electrons. The first-order valence-corrected chi connectivity index (χ1v) is 24.3. The Hall–Kier alpha value is -9.04. The molecule has 0 fully saturated rings. The van der Waals surface area contributed by atoms with Crippen molar-refractivity contribution in [2.45, 2.75) is 5.41 Å². The van der Waals surface area contributed by atoms with Crippen molar-refractivity contribution in [3.63, 3.8) is 0 Å². The summed E-state index contributed by atoms with van der Waals surface area (Å²) in [5.74, 6) is 0. The van der Waals surface area contributed by atoms with Crippen LogP contribution in [0.5, 0.6) is 0 Å². The van der Waals surface area contributed by atoms with Crippen LogP contribution in [-0.4, -0.2) is 0 Å². The van der Waals surface area contributed by atoms with Crippen LogP contribution in [0.2, 0.25) is 0 Å². The molecule has 0 saturated heterocycles. The van der Waals surface area contributed by atoms with Crippen molar-refractivity contribution in [1.29, 1.82) is 0 Å². The summed E-state index contributed by atoms with van der Waals surface area (Å²) in [6.45, 7) is 0. The molecule has 0 radical (unpaired) electrons. The highest BCUT2D eigenvalue weighted by atomic mass is 15.1. The van der Waals surface area contributed by atoms with Crippen molar-refractivity contribution in [3.8, 4) is 66.8 Å². The molecule has 1 spiro atoms. The lowest BCUT2D eigenvalue weighted by molar-refractivity contribution is 0.793. The second-order valence-corrected chi connectivity index (χ2v) is 18.7. The molecule has 12 aromatic carbocycles.